The van der Waals surface area contributed by atoms with Crippen LogP contribution in [0.25, 0.3) is 0 Å². The number of halogens is 1. The zero-order valence-electron chi connectivity index (χ0n) is 11.1. The maximum atomic E-state index is 12.2. The van der Waals surface area contributed by atoms with E-state index in [2.05, 4.69) is 18.2 Å². The zero-order chi connectivity index (χ0) is 12.8. The van der Waals surface area contributed by atoms with Gasteiger partial charge in [-0.3, -0.25) is 4.79 Å². The number of carbonyl (C=O) groups is 1. The molecule has 19 heavy (non-hydrogen) atoms. The number of hydrogen-bond donors (Lipinski definition) is 1. The van der Waals surface area contributed by atoms with Crippen LogP contribution in [0.15, 0.2) is 24.3 Å². The van der Waals surface area contributed by atoms with Crippen LogP contribution in [-0.4, -0.2) is 18.1 Å². The summed E-state index contributed by atoms with van der Waals surface area (Å²) in [6.07, 6.45) is 2.87. The lowest BCUT2D eigenvalue weighted by molar-refractivity contribution is -0.152. The Labute approximate surface area is 119 Å². The van der Waals surface area contributed by atoms with Crippen molar-refractivity contribution in [3.63, 3.8) is 0 Å². The van der Waals surface area contributed by atoms with E-state index >= 15 is 0 Å². The fraction of sp³-hybridized carbons (Fsp3) is 0.533. The zero-order valence-corrected chi connectivity index (χ0v) is 11.9. The molecular weight excluding hydrogens is 262 g/mol. The molecule has 3 aliphatic rings. The molecule has 1 saturated carbocycles. The number of fused-ring (bicyclic) bond motifs is 2. The molecule has 104 valence electrons. The van der Waals surface area contributed by atoms with Crippen molar-refractivity contribution in [2.45, 2.75) is 43.6 Å². The highest BCUT2D eigenvalue weighted by Gasteiger charge is 2.53. The number of esters is 1. The molecule has 3 aliphatic carbocycles. The Balaban J connectivity index is 0.00000133. The Hall–Kier alpha value is -1.06. The monoisotopic (exact) mass is 281 g/mol. The summed E-state index contributed by atoms with van der Waals surface area (Å²) >= 11 is 0. The normalized spacial score (nSPS) is 31.3. The van der Waals surface area contributed by atoms with Crippen molar-refractivity contribution in [1.82, 2.24) is 0 Å². The van der Waals surface area contributed by atoms with Gasteiger partial charge in [-0.2, -0.15) is 0 Å². The van der Waals surface area contributed by atoms with Gasteiger partial charge in [0.1, 0.15) is 5.54 Å². The second-order valence-corrected chi connectivity index (χ2v) is 5.42. The number of hydrogen-bond acceptors (Lipinski definition) is 3. The molecule has 0 amide bonds. The smallest absolute Gasteiger partial charge is 0.326 e. The Kier molecular flexibility index (Phi) is 3.88. The quantitative estimate of drug-likeness (QED) is 0.848. The predicted octanol–water partition coefficient (Wildman–Crippen LogP) is 2.73. The van der Waals surface area contributed by atoms with Crippen LogP contribution in [0.3, 0.4) is 0 Å². The summed E-state index contributed by atoms with van der Waals surface area (Å²) in [7, 11) is 0. The van der Waals surface area contributed by atoms with Crippen LogP contribution in [0.5, 0.6) is 0 Å². The molecule has 3 nitrogen and oxygen atoms in total. The van der Waals surface area contributed by atoms with Gasteiger partial charge in [-0.05, 0) is 43.2 Å². The fourth-order valence-corrected chi connectivity index (χ4v) is 3.67. The second kappa shape index (κ2) is 5.14. The van der Waals surface area contributed by atoms with Gasteiger partial charge in [0.25, 0.3) is 0 Å². The number of rotatable bonds is 2. The molecule has 3 unspecified atom stereocenters. The van der Waals surface area contributed by atoms with Gasteiger partial charge in [0.05, 0.1) is 6.61 Å². The van der Waals surface area contributed by atoms with E-state index in [1.807, 2.05) is 13.0 Å². The molecule has 2 bridgehead atoms. The first-order valence-corrected chi connectivity index (χ1v) is 6.71. The van der Waals surface area contributed by atoms with E-state index in [9.17, 15) is 4.79 Å². The maximum Gasteiger partial charge on any atom is 0.326 e. The van der Waals surface area contributed by atoms with Crippen LogP contribution in [0.1, 0.15) is 49.1 Å². The molecule has 3 atom stereocenters. The lowest BCUT2D eigenvalue weighted by Crippen LogP contribution is -2.58. The van der Waals surface area contributed by atoms with E-state index < -0.39 is 5.54 Å². The summed E-state index contributed by atoms with van der Waals surface area (Å²) < 4.78 is 5.19. The number of ether oxygens (including phenoxy) is 1. The molecule has 0 heterocycles. The van der Waals surface area contributed by atoms with E-state index in [4.69, 9.17) is 10.5 Å². The lowest BCUT2D eigenvalue weighted by atomic mass is 9.58. The molecule has 1 aromatic rings. The lowest BCUT2D eigenvalue weighted by Gasteiger charge is -2.48. The molecule has 1 aromatic carbocycles. The van der Waals surface area contributed by atoms with Crippen molar-refractivity contribution in [3.8, 4) is 0 Å². The maximum absolute atomic E-state index is 12.2. The molecule has 0 radical (unpaired) electrons. The van der Waals surface area contributed by atoms with Crippen LogP contribution in [0.2, 0.25) is 0 Å². The van der Waals surface area contributed by atoms with Crippen LogP contribution in [0, 0.1) is 0 Å². The molecule has 4 heteroatoms. The highest BCUT2D eigenvalue weighted by molar-refractivity contribution is 5.85. The minimum atomic E-state index is -0.812. The van der Waals surface area contributed by atoms with Crippen molar-refractivity contribution in [3.05, 3.63) is 35.4 Å². The highest BCUT2D eigenvalue weighted by Crippen LogP contribution is 2.53. The Bertz CT molecular complexity index is 491. The van der Waals surface area contributed by atoms with Crippen LogP contribution in [0.4, 0.5) is 0 Å². The summed E-state index contributed by atoms with van der Waals surface area (Å²) in [5, 5.41) is 0. The van der Waals surface area contributed by atoms with Crippen molar-refractivity contribution >= 4 is 18.4 Å². The molecule has 2 N–H and O–H groups in total. The van der Waals surface area contributed by atoms with Gasteiger partial charge in [-0.1, -0.05) is 24.3 Å². The van der Waals surface area contributed by atoms with E-state index in [1.54, 1.807) is 0 Å². The standard InChI is InChI=1S/C15H19NO2.ClH/c1-2-18-14(17)15(16)9-10-7-8-13(15)12-6-4-3-5-11(10)12;/h3-6,10,13H,2,7-9,16H2,1H3;1H. The Morgan fingerprint density at radius 1 is 1.37 bits per heavy atom. The topological polar surface area (TPSA) is 52.3 Å². The molecule has 1 fully saturated rings. The van der Waals surface area contributed by atoms with Crippen molar-refractivity contribution in [1.29, 1.82) is 0 Å². The number of nitrogens with two attached hydrogens (primary N) is 1. The van der Waals surface area contributed by atoms with E-state index in [1.165, 1.54) is 11.1 Å². The molecule has 0 spiro atoms. The van der Waals surface area contributed by atoms with Gasteiger partial charge in [-0.25, -0.2) is 0 Å². The highest BCUT2D eigenvalue weighted by atomic mass is 35.5. The predicted molar refractivity (Wildman–Crippen MR) is 76.6 cm³/mol. The van der Waals surface area contributed by atoms with Gasteiger partial charge < -0.3 is 10.5 Å². The summed E-state index contributed by atoms with van der Waals surface area (Å²) in [6.45, 7) is 2.23. The van der Waals surface area contributed by atoms with Crippen molar-refractivity contribution in [2.24, 2.45) is 5.73 Å². The van der Waals surface area contributed by atoms with Gasteiger partial charge in [-0.15, -0.1) is 12.4 Å². The van der Waals surface area contributed by atoms with Crippen molar-refractivity contribution < 1.29 is 9.53 Å². The number of carbonyl (C=O) groups excluding carboxylic acids is 1. The van der Waals surface area contributed by atoms with Gasteiger partial charge in [0.15, 0.2) is 0 Å². The molecule has 4 rings (SSSR count). The molecule has 0 aliphatic heterocycles. The van der Waals surface area contributed by atoms with Crippen molar-refractivity contribution in [2.75, 3.05) is 6.61 Å². The minimum Gasteiger partial charge on any atom is -0.465 e. The van der Waals surface area contributed by atoms with Crippen LogP contribution < -0.4 is 5.73 Å². The van der Waals surface area contributed by atoms with E-state index in [0.717, 1.165) is 19.3 Å². The minimum absolute atomic E-state index is 0. The van der Waals surface area contributed by atoms with E-state index in [0.29, 0.717) is 12.5 Å². The number of benzene rings is 1. The summed E-state index contributed by atoms with van der Waals surface area (Å²) in [4.78, 5) is 12.2. The first kappa shape index (κ1) is 14.4. The summed E-state index contributed by atoms with van der Waals surface area (Å²) in [6, 6.07) is 8.40. The summed E-state index contributed by atoms with van der Waals surface area (Å²) in [5.74, 6) is 0.313. The summed E-state index contributed by atoms with van der Waals surface area (Å²) in [5.41, 5.74) is 8.25. The van der Waals surface area contributed by atoms with Crippen LogP contribution >= 0.6 is 12.4 Å². The Morgan fingerprint density at radius 3 is 2.74 bits per heavy atom. The van der Waals surface area contributed by atoms with Gasteiger partial charge >= 0.3 is 5.97 Å². The molecular formula is C15H20ClNO2. The van der Waals surface area contributed by atoms with Gasteiger partial charge in [0.2, 0.25) is 0 Å². The van der Waals surface area contributed by atoms with Crippen LogP contribution in [-0.2, 0) is 9.53 Å². The first-order valence-electron chi connectivity index (χ1n) is 6.71. The SMILES string of the molecule is CCOC(=O)C1(N)CC2CCC1c1ccccc12.Cl. The third kappa shape index (κ3) is 2.05. The third-order valence-electron chi connectivity index (χ3n) is 4.48. The molecule has 0 saturated heterocycles. The third-order valence-corrected chi connectivity index (χ3v) is 4.48. The average Bonchev–Trinajstić information content (AvgIpc) is 2.40. The average molecular weight is 282 g/mol. The van der Waals surface area contributed by atoms with Gasteiger partial charge in [0, 0.05) is 5.92 Å². The second-order valence-electron chi connectivity index (χ2n) is 5.42. The largest absolute Gasteiger partial charge is 0.465 e. The van der Waals surface area contributed by atoms with E-state index in [-0.39, 0.29) is 24.3 Å². The first-order chi connectivity index (χ1) is 8.66. The molecule has 0 aromatic heterocycles. The Morgan fingerprint density at radius 2 is 2.05 bits per heavy atom. The fourth-order valence-electron chi connectivity index (χ4n) is 3.67.